The van der Waals surface area contributed by atoms with Crippen LogP contribution in [-0.4, -0.2) is 44.8 Å². The first-order valence-electron chi connectivity index (χ1n) is 9.73. The van der Waals surface area contributed by atoms with Crippen molar-refractivity contribution in [2.45, 2.75) is 0 Å². The average molecular weight is 406 g/mol. The number of hydrogen-bond donors (Lipinski definition) is 1. The third kappa shape index (κ3) is 4.69. The van der Waals surface area contributed by atoms with Gasteiger partial charge in [-0.2, -0.15) is 0 Å². The first-order chi connectivity index (χ1) is 14.7. The van der Waals surface area contributed by atoms with E-state index in [1.54, 1.807) is 6.07 Å². The summed E-state index contributed by atoms with van der Waals surface area (Å²) in [5.74, 6) is -1.03. The normalized spacial score (nSPS) is 13.7. The minimum atomic E-state index is -0.684. The minimum Gasteiger partial charge on any atom is -0.457 e. The zero-order chi connectivity index (χ0) is 20.8. The molecular weight excluding hydrogens is 384 g/mol. The molecule has 1 saturated heterocycles. The molecule has 0 saturated carbocycles. The van der Waals surface area contributed by atoms with Gasteiger partial charge in [0, 0.05) is 30.0 Å². The van der Waals surface area contributed by atoms with Gasteiger partial charge in [-0.25, -0.2) is 4.79 Å². The van der Waals surface area contributed by atoms with E-state index in [9.17, 15) is 9.59 Å². The summed E-state index contributed by atoms with van der Waals surface area (Å²) in [5, 5.41) is 2.73. The van der Waals surface area contributed by atoms with Crippen LogP contribution in [0, 0.1) is 0 Å². The van der Waals surface area contributed by atoms with E-state index in [1.165, 1.54) is 6.26 Å². The van der Waals surface area contributed by atoms with Crippen LogP contribution in [0.5, 0.6) is 0 Å². The van der Waals surface area contributed by atoms with Gasteiger partial charge < -0.3 is 24.1 Å². The van der Waals surface area contributed by atoms with Gasteiger partial charge in [0.25, 0.3) is 5.91 Å². The molecular formula is C23H22N2O5. The van der Waals surface area contributed by atoms with Gasteiger partial charge >= 0.3 is 5.97 Å². The lowest BCUT2D eigenvalue weighted by Gasteiger charge is -2.28. The van der Waals surface area contributed by atoms with Crippen molar-refractivity contribution in [3.8, 4) is 11.1 Å². The van der Waals surface area contributed by atoms with Gasteiger partial charge in [-0.1, -0.05) is 30.3 Å². The molecule has 0 unspecified atom stereocenters. The van der Waals surface area contributed by atoms with Gasteiger partial charge in [-0.3, -0.25) is 4.79 Å². The van der Waals surface area contributed by atoms with Crippen molar-refractivity contribution in [2.24, 2.45) is 0 Å². The third-order valence-electron chi connectivity index (χ3n) is 4.80. The summed E-state index contributed by atoms with van der Waals surface area (Å²) in [4.78, 5) is 26.8. The second-order valence-electron chi connectivity index (χ2n) is 6.80. The zero-order valence-corrected chi connectivity index (χ0v) is 16.4. The van der Waals surface area contributed by atoms with E-state index in [0.29, 0.717) is 24.5 Å². The molecule has 2 heterocycles. The number of esters is 1. The van der Waals surface area contributed by atoms with Crippen LogP contribution in [0.25, 0.3) is 11.1 Å². The molecule has 1 aliphatic rings. The van der Waals surface area contributed by atoms with E-state index < -0.39 is 18.5 Å². The molecule has 1 N–H and O–H groups in total. The highest BCUT2D eigenvalue weighted by molar-refractivity contribution is 5.97. The Morgan fingerprint density at radius 1 is 0.967 bits per heavy atom. The van der Waals surface area contributed by atoms with Gasteiger partial charge in [0.1, 0.15) is 0 Å². The first kappa shape index (κ1) is 19.7. The smallest absolute Gasteiger partial charge is 0.375 e. The maximum absolute atomic E-state index is 12.4. The Balaban J connectivity index is 1.31. The van der Waals surface area contributed by atoms with Crippen molar-refractivity contribution in [1.29, 1.82) is 0 Å². The van der Waals surface area contributed by atoms with Crippen molar-refractivity contribution >= 4 is 23.3 Å². The third-order valence-corrected chi connectivity index (χ3v) is 4.80. The van der Waals surface area contributed by atoms with E-state index in [2.05, 4.69) is 10.2 Å². The van der Waals surface area contributed by atoms with Crippen LogP contribution in [0.2, 0.25) is 0 Å². The summed E-state index contributed by atoms with van der Waals surface area (Å²) in [6.45, 7) is 2.72. The predicted octanol–water partition coefficient (Wildman–Crippen LogP) is 3.58. The van der Waals surface area contributed by atoms with Crippen LogP contribution < -0.4 is 10.2 Å². The highest BCUT2D eigenvalue weighted by atomic mass is 16.5. The zero-order valence-electron chi connectivity index (χ0n) is 16.4. The topological polar surface area (TPSA) is 81.0 Å². The van der Waals surface area contributed by atoms with Gasteiger partial charge in [0.05, 0.1) is 19.5 Å². The number of benzene rings is 2. The Hall–Kier alpha value is -3.58. The van der Waals surface area contributed by atoms with Crippen LogP contribution in [0.1, 0.15) is 10.6 Å². The average Bonchev–Trinajstić information content (AvgIpc) is 3.29. The summed E-state index contributed by atoms with van der Waals surface area (Å²) in [5.41, 5.74) is 3.17. The largest absolute Gasteiger partial charge is 0.457 e. The molecule has 154 valence electrons. The van der Waals surface area contributed by atoms with Crippen LogP contribution in [-0.2, 0) is 14.3 Å². The summed E-state index contributed by atoms with van der Waals surface area (Å²) < 4.78 is 15.8. The molecule has 30 heavy (non-hydrogen) atoms. The number of nitrogens with zero attached hydrogens (tertiary/aromatic N) is 1. The molecule has 0 spiro atoms. The Bertz CT molecular complexity index is 992. The van der Waals surface area contributed by atoms with Crippen molar-refractivity contribution in [3.63, 3.8) is 0 Å². The number of carbonyl (C=O) groups excluding carboxylic acids is 2. The lowest BCUT2D eigenvalue weighted by atomic mass is 10.1. The second-order valence-corrected chi connectivity index (χ2v) is 6.80. The Labute approximate surface area is 174 Å². The van der Waals surface area contributed by atoms with Gasteiger partial charge in [-0.15, -0.1) is 0 Å². The van der Waals surface area contributed by atoms with Crippen LogP contribution in [0.15, 0.2) is 71.3 Å². The van der Waals surface area contributed by atoms with Crippen molar-refractivity contribution in [1.82, 2.24) is 0 Å². The highest BCUT2D eigenvalue weighted by Crippen LogP contribution is 2.25. The second kappa shape index (κ2) is 9.28. The number of ether oxygens (including phenoxy) is 2. The summed E-state index contributed by atoms with van der Waals surface area (Å²) in [7, 11) is 0. The molecule has 0 bridgehead atoms. The SMILES string of the molecule is O=C(COC(=O)c1occc1-c1ccccc1)Nc1ccc(N2CCOCC2)cc1. The number of amides is 1. The van der Waals surface area contributed by atoms with E-state index >= 15 is 0 Å². The van der Waals surface area contributed by atoms with Crippen LogP contribution in [0.3, 0.4) is 0 Å². The van der Waals surface area contributed by atoms with Crippen molar-refractivity contribution in [2.75, 3.05) is 43.1 Å². The summed E-state index contributed by atoms with van der Waals surface area (Å²) >= 11 is 0. The monoisotopic (exact) mass is 406 g/mol. The van der Waals surface area contributed by atoms with E-state index in [-0.39, 0.29) is 5.76 Å². The molecule has 0 radical (unpaired) electrons. The lowest BCUT2D eigenvalue weighted by molar-refractivity contribution is -0.119. The van der Waals surface area contributed by atoms with E-state index in [0.717, 1.165) is 24.3 Å². The van der Waals surface area contributed by atoms with Crippen LogP contribution >= 0.6 is 0 Å². The number of morpholine rings is 1. The quantitative estimate of drug-likeness (QED) is 0.631. The molecule has 1 aliphatic heterocycles. The maximum atomic E-state index is 12.4. The Morgan fingerprint density at radius 2 is 1.70 bits per heavy atom. The molecule has 3 aromatic rings. The van der Waals surface area contributed by atoms with E-state index in [1.807, 2.05) is 54.6 Å². The fraction of sp³-hybridized carbons (Fsp3) is 0.217. The molecule has 0 atom stereocenters. The molecule has 4 rings (SSSR count). The maximum Gasteiger partial charge on any atom is 0.375 e. The van der Waals surface area contributed by atoms with Crippen molar-refractivity contribution < 1.29 is 23.5 Å². The highest BCUT2D eigenvalue weighted by Gasteiger charge is 2.19. The molecule has 1 fully saturated rings. The van der Waals surface area contributed by atoms with Gasteiger partial charge in [0.2, 0.25) is 5.76 Å². The number of carbonyl (C=O) groups is 2. The fourth-order valence-electron chi connectivity index (χ4n) is 3.28. The number of furan rings is 1. The molecule has 7 nitrogen and oxygen atoms in total. The summed E-state index contributed by atoms with van der Waals surface area (Å²) in [6, 6.07) is 18.6. The Kier molecular flexibility index (Phi) is 6.10. The molecule has 0 aliphatic carbocycles. The van der Waals surface area contributed by atoms with E-state index in [4.69, 9.17) is 13.9 Å². The fourth-order valence-corrected chi connectivity index (χ4v) is 3.28. The lowest BCUT2D eigenvalue weighted by Crippen LogP contribution is -2.36. The van der Waals surface area contributed by atoms with Gasteiger partial charge in [0.15, 0.2) is 6.61 Å². The first-order valence-corrected chi connectivity index (χ1v) is 9.73. The Morgan fingerprint density at radius 3 is 2.43 bits per heavy atom. The predicted molar refractivity (Wildman–Crippen MR) is 113 cm³/mol. The standard InChI is InChI=1S/C23H22N2O5/c26-21(24-18-6-8-19(9-7-18)25-11-14-28-15-12-25)16-30-23(27)22-20(10-13-29-22)17-4-2-1-3-5-17/h1-10,13H,11-12,14-16H2,(H,24,26). The molecule has 7 heteroatoms. The molecule has 1 amide bonds. The van der Waals surface area contributed by atoms with Crippen molar-refractivity contribution in [3.05, 3.63) is 72.7 Å². The number of hydrogen-bond acceptors (Lipinski definition) is 6. The number of rotatable bonds is 6. The number of anilines is 2. The number of nitrogens with one attached hydrogen (secondary N) is 1. The van der Waals surface area contributed by atoms with Crippen LogP contribution in [0.4, 0.5) is 11.4 Å². The van der Waals surface area contributed by atoms with Gasteiger partial charge in [-0.05, 0) is 35.9 Å². The molecule has 2 aromatic carbocycles. The summed E-state index contributed by atoms with van der Waals surface area (Å²) in [6.07, 6.45) is 1.43. The molecule has 1 aromatic heterocycles. The minimum absolute atomic E-state index is 0.0730.